The van der Waals surface area contributed by atoms with Crippen molar-refractivity contribution in [2.24, 2.45) is 0 Å². The molecule has 5 nitrogen and oxygen atoms in total. The van der Waals surface area contributed by atoms with Crippen LogP contribution in [0.5, 0.6) is 0 Å². The molecule has 2 aliphatic rings. The van der Waals surface area contributed by atoms with Gasteiger partial charge in [0.25, 0.3) is 11.8 Å². The molecule has 1 fully saturated rings. The summed E-state index contributed by atoms with van der Waals surface area (Å²) in [4.78, 5) is 28.4. The summed E-state index contributed by atoms with van der Waals surface area (Å²) in [5.74, 6) is -0.628. The van der Waals surface area contributed by atoms with Crippen LogP contribution in [-0.4, -0.2) is 54.4 Å². The van der Waals surface area contributed by atoms with E-state index < -0.39 is 0 Å². The average molecular weight is 382 g/mol. The molecule has 0 unspecified atom stereocenters. The highest BCUT2D eigenvalue weighted by atomic mass is 19.1. The van der Waals surface area contributed by atoms with Gasteiger partial charge in [0.05, 0.1) is 23.8 Å². The van der Waals surface area contributed by atoms with Crippen LogP contribution in [0.25, 0.3) is 0 Å². The summed E-state index contributed by atoms with van der Waals surface area (Å²) in [7, 11) is 0. The molecule has 0 bridgehead atoms. The van der Waals surface area contributed by atoms with Gasteiger partial charge in [0.15, 0.2) is 0 Å². The van der Waals surface area contributed by atoms with Crippen LogP contribution < -0.4 is 0 Å². The summed E-state index contributed by atoms with van der Waals surface area (Å²) in [6, 6.07) is 13.4. The molecule has 6 heteroatoms. The van der Waals surface area contributed by atoms with Crippen LogP contribution in [0, 0.1) is 5.82 Å². The summed E-state index contributed by atoms with van der Waals surface area (Å²) in [5.41, 5.74) is 1.99. The Kier molecular flexibility index (Phi) is 5.50. The topological polar surface area (TPSA) is 49.9 Å². The second-order valence-corrected chi connectivity index (χ2v) is 7.23. The maximum absolute atomic E-state index is 13.1. The molecular weight excluding hydrogens is 359 g/mol. The summed E-state index contributed by atoms with van der Waals surface area (Å²) in [6.45, 7) is 3.58. The zero-order valence-corrected chi connectivity index (χ0v) is 15.6. The van der Waals surface area contributed by atoms with Gasteiger partial charge in [-0.25, -0.2) is 4.39 Å². The van der Waals surface area contributed by atoms with Crippen LogP contribution in [0.2, 0.25) is 0 Å². The third-order valence-electron chi connectivity index (χ3n) is 5.38. The number of hydrogen-bond acceptors (Lipinski definition) is 4. The van der Waals surface area contributed by atoms with Crippen molar-refractivity contribution in [2.45, 2.75) is 18.9 Å². The molecule has 0 radical (unpaired) electrons. The number of rotatable bonds is 6. The number of hydrogen-bond donors (Lipinski definition) is 0. The Morgan fingerprint density at radius 3 is 2.25 bits per heavy atom. The minimum absolute atomic E-state index is 0.0504. The van der Waals surface area contributed by atoms with Gasteiger partial charge in [-0.15, -0.1) is 0 Å². The molecule has 1 atom stereocenters. The maximum Gasteiger partial charge on any atom is 0.261 e. The first-order valence-corrected chi connectivity index (χ1v) is 9.68. The van der Waals surface area contributed by atoms with Gasteiger partial charge in [-0.05, 0) is 49.2 Å². The zero-order chi connectivity index (χ0) is 19.5. The second-order valence-electron chi connectivity index (χ2n) is 7.23. The van der Waals surface area contributed by atoms with Crippen LogP contribution in [0.3, 0.4) is 0 Å². The van der Waals surface area contributed by atoms with E-state index in [0.717, 1.165) is 38.0 Å². The number of nitrogens with zero attached hydrogens (tertiary/aromatic N) is 2. The minimum atomic E-state index is -0.246. The number of amides is 2. The Morgan fingerprint density at radius 1 is 0.929 bits per heavy atom. The van der Waals surface area contributed by atoms with Crippen LogP contribution in [0.1, 0.15) is 45.2 Å². The fourth-order valence-electron chi connectivity index (χ4n) is 3.83. The Labute approximate surface area is 163 Å². The van der Waals surface area contributed by atoms with E-state index in [4.69, 9.17) is 4.74 Å². The summed E-state index contributed by atoms with van der Waals surface area (Å²) in [5, 5.41) is 0. The lowest BCUT2D eigenvalue weighted by Crippen LogP contribution is -2.39. The van der Waals surface area contributed by atoms with Crippen LogP contribution in [-0.2, 0) is 4.74 Å². The molecule has 2 amide bonds. The number of halogens is 1. The number of fused-ring (bicyclic) bond motifs is 1. The van der Waals surface area contributed by atoms with Crippen molar-refractivity contribution in [3.8, 4) is 0 Å². The van der Waals surface area contributed by atoms with Crippen molar-refractivity contribution in [3.63, 3.8) is 0 Å². The molecule has 146 valence electrons. The number of carbonyl (C=O) groups excluding carboxylic acids is 2. The number of benzene rings is 2. The molecule has 0 aliphatic carbocycles. The van der Waals surface area contributed by atoms with Crippen LogP contribution >= 0.6 is 0 Å². The van der Waals surface area contributed by atoms with Crippen molar-refractivity contribution in [3.05, 3.63) is 71.0 Å². The van der Waals surface area contributed by atoms with Crippen molar-refractivity contribution in [2.75, 3.05) is 32.8 Å². The lowest BCUT2D eigenvalue weighted by atomic mass is 10.1. The molecular formula is C22H23FN2O3. The number of morpholine rings is 1. The molecule has 2 aromatic carbocycles. The number of carbonyl (C=O) groups is 2. The highest BCUT2D eigenvalue weighted by molar-refractivity contribution is 6.21. The molecule has 4 rings (SSSR count). The molecule has 0 N–H and O–H groups in total. The van der Waals surface area contributed by atoms with Gasteiger partial charge in [-0.1, -0.05) is 24.3 Å². The Morgan fingerprint density at radius 2 is 1.57 bits per heavy atom. The quantitative estimate of drug-likeness (QED) is 0.568. The zero-order valence-electron chi connectivity index (χ0n) is 15.6. The molecule has 1 saturated heterocycles. The van der Waals surface area contributed by atoms with Crippen molar-refractivity contribution >= 4 is 11.8 Å². The predicted octanol–water partition coefficient (Wildman–Crippen LogP) is 3.28. The van der Waals surface area contributed by atoms with Gasteiger partial charge in [0, 0.05) is 19.6 Å². The SMILES string of the molecule is O=C1c2ccccc2C(=O)N1CCCCN1CCO[C@H](c2ccc(F)cc2)C1. The second kappa shape index (κ2) is 8.20. The van der Waals surface area contributed by atoms with Crippen molar-refractivity contribution in [1.82, 2.24) is 9.80 Å². The van der Waals surface area contributed by atoms with E-state index in [1.54, 1.807) is 36.4 Å². The van der Waals surface area contributed by atoms with Gasteiger partial charge < -0.3 is 4.74 Å². The molecule has 2 aromatic rings. The normalized spacial score (nSPS) is 19.9. The Balaban J connectivity index is 1.25. The minimum Gasteiger partial charge on any atom is -0.371 e. The molecule has 2 aliphatic heterocycles. The first-order valence-electron chi connectivity index (χ1n) is 9.68. The van der Waals surface area contributed by atoms with Crippen LogP contribution in [0.15, 0.2) is 48.5 Å². The van der Waals surface area contributed by atoms with E-state index in [9.17, 15) is 14.0 Å². The molecule has 0 saturated carbocycles. The number of ether oxygens (including phenoxy) is 1. The third-order valence-corrected chi connectivity index (χ3v) is 5.38. The number of imide groups is 1. The van der Waals surface area contributed by atoms with Gasteiger partial charge in [0.1, 0.15) is 5.82 Å². The lowest BCUT2D eigenvalue weighted by Gasteiger charge is -2.33. The fourth-order valence-corrected chi connectivity index (χ4v) is 3.83. The molecule has 0 spiro atoms. The third kappa shape index (κ3) is 3.84. The average Bonchev–Trinajstić information content (AvgIpc) is 2.97. The van der Waals surface area contributed by atoms with E-state index in [1.165, 1.54) is 17.0 Å². The largest absolute Gasteiger partial charge is 0.371 e. The molecule has 0 aromatic heterocycles. The monoisotopic (exact) mass is 382 g/mol. The first-order chi connectivity index (χ1) is 13.6. The first kappa shape index (κ1) is 18.8. The maximum atomic E-state index is 13.1. The predicted molar refractivity (Wildman–Crippen MR) is 103 cm³/mol. The molecule has 28 heavy (non-hydrogen) atoms. The fraction of sp³-hybridized carbons (Fsp3) is 0.364. The van der Waals surface area contributed by atoms with E-state index in [2.05, 4.69) is 4.90 Å². The lowest BCUT2D eigenvalue weighted by molar-refractivity contribution is -0.0304. The van der Waals surface area contributed by atoms with Gasteiger partial charge >= 0.3 is 0 Å². The van der Waals surface area contributed by atoms with E-state index in [-0.39, 0.29) is 23.7 Å². The van der Waals surface area contributed by atoms with E-state index >= 15 is 0 Å². The standard InChI is InChI=1S/C22H23FN2O3/c23-17-9-7-16(8-10-17)20-15-24(13-14-28-20)11-3-4-12-25-21(26)18-5-1-2-6-19(18)22(25)27/h1-2,5-10,20H,3-4,11-15H2/t20-/m0/s1. The smallest absolute Gasteiger partial charge is 0.261 e. The number of unbranched alkanes of at least 4 members (excludes halogenated alkanes) is 1. The summed E-state index contributed by atoms with van der Waals surface area (Å²) in [6.07, 6.45) is 1.61. The van der Waals surface area contributed by atoms with Crippen LogP contribution in [0.4, 0.5) is 4.39 Å². The van der Waals surface area contributed by atoms with Crippen molar-refractivity contribution in [1.29, 1.82) is 0 Å². The highest BCUT2D eigenvalue weighted by Gasteiger charge is 2.34. The van der Waals surface area contributed by atoms with Gasteiger partial charge in [-0.3, -0.25) is 19.4 Å². The molecule has 2 heterocycles. The summed E-state index contributed by atoms with van der Waals surface area (Å²) >= 11 is 0. The Bertz CT molecular complexity index is 833. The van der Waals surface area contributed by atoms with E-state index in [1.807, 2.05) is 0 Å². The highest BCUT2D eigenvalue weighted by Crippen LogP contribution is 2.24. The summed E-state index contributed by atoms with van der Waals surface area (Å²) < 4.78 is 18.9. The Hall–Kier alpha value is -2.57. The van der Waals surface area contributed by atoms with E-state index in [0.29, 0.717) is 24.3 Å². The van der Waals surface area contributed by atoms with Gasteiger partial charge in [-0.2, -0.15) is 0 Å². The van der Waals surface area contributed by atoms with Crippen molar-refractivity contribution < 1.29 is 18.7 Å². The van der Waals surface area contributed by atoms with Gasteiger partial charge in [0.2, 0.25) is 0 Å².